The van der Waals surface area contributed by atoms with E-state index in [9.17, 15) is 4.79 Å². The number of hydrogen-bond donors (Lipinski definition) is 1. The molecule has 0 radical (unpaired) electrons. The van der Waals surface area contributed by atoms with Crippen LogP contribution in [0.5, 0.6) is 0 Å². The van der Waals surface area contributed by atoms with Crippen LogP contribution in [0, 0.1) is 6.92 Å². The van der Waals surface area contributed by atoms with Crippen LogP contribution in [0.25, 0.3) is 0 Å². The lowest BCUT2D eigenvalue weighted by Crippen LogP contribution is -2.39. The van der Waals surface area contributed by atoms with Crippen LogP contribution in [0.3, 0.4) is 0 Å². The maximum absolute atomic E-state index is 12.3. The quantitative estimate of drug-likeness (QED) is 0.917. The highest BCUT2D eigenvalue weighted by atomic mass is 16.1. The fraction of sp³-hybridized carbons (Fsp3) is 0.588. The molecule has 0 aromatic heterocycles. The first-order valence-corrected chi connectivity index (χ1v) is 7.84. The van der Waals surface area contributed by atoms with E-state index in [4.69, 9.17) is 0 Å². The van der Waals surface area contributed by atoms with Crippen molar-refractivity contribution >= 4 is 5.91 Å². The largest absolute Gasteiger partial charge is 0.348 e. The van der Waals surface area contributed by atoms with E-state index in [0.717, 1.165) is 36.7 Å². The number of likely N-dealkylation sites (tertiary alicyclic amines) is 1. The fourth-order valence-corrected chi connectivity index (χ4v) is 3.60. The molecule has 2 fully saturated rings. The number of nitrogens with zero attached hydrogens (tertiary/aromatic N) is 1. The number of benzene rings is 1. The third kappa shape index (κ3) is 2.88. The van der Waals surface area contributed by atoms with Crippen molar-refractivity contribution in [2.24, 2.45) is 0 Å². The van der Waals surface area contributed by atoms with E-state index in [1.807, 2.05) is 31.2 Å². The molecule has 1 heterocycles. The highest BCUT2D eigenvalue weighted by Crippen LogP contribution is 2.26. The lowest BCUT2D eigenvalue weighted by Gasteiger charge is -2.23. The first kappa shape index (κ1) is 13.6. The van der Waals surface area contributed by atoms with Crippen molar-refractivity contribution in [1.29, 1.82) is 0 Å². The van der Waals surface area contributed by atoms with Crippen LogP contribution in [0.15, 0.2) is 24.3 Å². The molecule has 0 bridgehead atoms. The molecule has 1 aliphatic carbocycles. The summed E-state index contributed by atoms with van der Waals surface area (Å²) in [4.78, 5) is 14.9. The zero-order valence-electron chi connectivity index (χ0n) is 12.3. The summed E-state index contributed by atoms with van der Waals surface area (Å²) in [6, 6.07) is 8.91. The highest BCUT2D eigenvalue weighted by molar-refractivity contribution is 5.95. The van der Waals surface area contributed by atoms with Gasteiger partial charge in [0.2, 0.25) is 0 Å². The maximum atomic E-state index is 12.3. The monoisotopic (exact) mass is 272 g/mol. The molecule has 1 N–H and O–H groups in total. The van der Waals surface area contributed by atoms with Crippen molar-refractivity contribution in [2.75, 3.05) is 13.1 Å². The van der Waals surface area contributed by atoms with E-state index >= 15 is 0 Å². The molecule has 3 rings (SSSR count). The van der Waals surface area contributed by atoms with Crippen LogP contribution in [-0.4, -0.2) is 36.0 Å². The molecular weight excluding hydrogens is 248 g/mol. The van der Waals surface area contributed by atoms with Gasteiger partial charge < -0.3 is 5.32 Å². The topological polar surface area (TPSA) is 32.3 Å². The second kappa shape index (κ2) is 5.96. The Morgan fingerprint density at radius 1 is 1.20 bits per heavy atom. The molecule has 1 saturated carbocycles. The molecule has 108 valence electrons. The normalized spacial score (nSPS) is 24.1. The van der Waals surface area contributed by atoms with Crippen LogP contribution in [0.1, 0.15) is 48.0 Å². The van der Waals surface area contributed by atoms with Crippen molar-refractivity contribution < 1.29 is 4.79 Å². The van der Waals surface area contributed by atoms with Gasteiger partial charge in [-0.25, -0.2) is 0 Å². The summed E-state index contributed by atoms with van der Waals surface area (Å²) in [5, 5.41) is 3.21. The molecule has 1 aliphatic heterocycles. The summed E-state index contributed by atoms with van der Waals surface area (Å²) in [5.41, 5.74) is 1.86. The van der Waals surface area contributed by atoms with Gasteiger partial charge in [-0.3, -0.25) is 9.69 Å². The Morgan fingerprint density at radius 3 is 2.70 bits per heavy atom. The van der Waals surface area contributed by atoms with E-state index in [1.165, 1.54) is 25.7 Å². The first-order valence-electron chi connectivity index (χ1n) is 7.84. The average molecular weight is 272 g/mol. The van der Waals surface area contributed by atoms with E-state index in [-0.39, 0.29) is 5.91 Å². The van der Waals surface area contributed by atoms with Crippen molar-refractivity contribution in [2.45, 2.75) is 51.1 Å². The third-order valence-corrected chi connectivity index (χ3v) is 4.79. The average Bonchev–Trinajstić information content (AvgIpc) is 3.09. The summed E-state index contributed by atoms with van der Waals surface area (Å²) in [6.07, 6.45) is 6.54. The summed E-state index contributed by atoms with van der Waals surface area (Å²) in [7, 11) is 0. The van der Waals surface area contributed by atoms with Crippen molar-refractivity contribution in [3.05, 3.63) is 35.4 Å². The molecule has 3 heteroatoms. The number of nitrogens with one attached hydrogen (secondary N) is 1. The zero-order chi connectivity index (χ0) is 13.9. The third-order valence-electron chi connectivity index (χ3n) is 4.79. The van der Waals surface area contributed by atoms with Crippen LogP contribution in [0.4, 0.5) is 0 Å². The summed E-state index contributed by atoms with van der Waals surface area (Å²) in [6.45, 7) is 4.17. The van der Waals surface area contributed by atoms with Crippen LogP contribution in [-0.2, 0) is 0 Å². The predicted molar refractivity (Wildman–Crippen MR) is 80.9 cm³/mol. The van der Waals surface area contributed by atoms with Gasteiger partial charge in [0.1, 0.15) is 0 Å². The molecule has 2 aliphatic rings. The Hall–Kier alpha value is -1.35. The SMILES string of the molecule is Cc1ccccc1C(=O)NC1CCN(C2CCCC2)C1. The van der Waals surface area contributed by atoms with E-state index < -0.39 is 0 Å². The second-order valence-electron chi connectivity index (χ2n) is 6.21. The van der Waals surface area contributed by atoms with Gasteiger partial charge in [0.05, 0.1) is 0 Å². The maximum Gasteiger partial charge on any atom is 0.251 e. The number of carbonyl (C=O) groups excluding carboxylic acids is 1. The van der Waals surface area contributed by atoms with E-state index in [2.05, 4.69) is 10.2 Å². The van der Waals surface area contributed by atoms with Crippen LogP contribution >= 0.6 is 0 Å². The number of aryl methyl sites for hydroxylation is 1. The molecule has 1 aromatic carbocycles. The Balaban J connectivity index is 1.56. The molecule has 1 amide bonds. The Labute approximate surface area is 121 Å². The number of amides is 1. The van der Waals surface area contributed by atoms with Crippen molar-refractivity contribution in [1.82, 2.24) is 10.2 Å². The lowest BCUT2D eigenvalue weighted by atomic mass is 10.1. The number of hydrogen-bond acceptors (Lipinski definition) is 2. The molecule has 0 spiro atoms. The first-order chi connectivity index (χ1) is 9.74. The minimum Gasteiger partial charge on any atom is -0.348 e. The van der Waals surface area contributed by atoms with E-state index in [1.54, 1.807) is 0 Å². The number of rotatable bonds is 3. The minimum absolute atomic E-state index is 0.0846. The molecule has 1 atom stereocenters. The Morgan fingerprint density at radius 2 is 1.95 bits per heavy atom. The molecule has 3 nitrogen and oxygen atoms in total. The van der Waals surface area contributed by atoms with Gasteiger partial charge in [-0.2, -0.15) is 0 Å². The van der Waals surface area contributed by atoms with Gasteiger partial charge >= 0.3 is 0 Å². The summed E-state index contributed by atoms with van der Waals surface area (Å²) in [5.74, 6) is 0.0846. The standard InChI is InChI=1S/C17H24N2O/c1-13-6-2-5-9-16(13)17(20)18-14-10-11-19(12-14)15-7-3-4-8-15/h2,5-6,9,14-15H,3-4,7-8,10-12H2,1H3,(H,18,20). The zero-order valence-corrected chi connectivity index (χ0v) is 12.3. The van der Waals surface area contributed by atoms with Crippen LogP contribution in [0.2, 0.25) is 0 Å². The highest BCUT2D eigenvalue weighted by Gasteiger charge is 2.30. The number of carbonyl (C=O) groups is 1. The van der Waals surface area contributed by atoms with E-state index in [0.29, 0.717) is 6.04 Å². The smallest absolute Gasteiger partial charge is 0.251 e. The summed E-state index contributed by atoms with van der Waals surface area (Å²) < 4.78 is 0. The molecule has 1 unspecified atom stereocenters. The fourth-order valence-electron chi connectivity index (χ4n) is 3.60. The van der Waals surface area contributed by atoms with Crippen LogP contribution < -0.4 is 5.32 Å². The molecule has 20 heavy (non-hydrogen) atoms. The Bertz CT molecular complexity index is 480. The predicted octanol–water partition coefficient (Wildman–Crippen LogP) is 2.74. The van der Waals surface area contributed by atoms with Gasteiger partial charge in [0.25, 0.3) is 5.91 Å². The lowest BCUT2D eigenvalue weighted by molar-refractivity contribution is 0.0935. The van der Waals surface area contributed by atoms with Gasteiger partial charge in [-0.15, -0.1) is 0 Å². The Kier molecular flexibility index (Phi) is 4.06. The van der Waals surface area contributed by atoms with Crippen molar-refractivity contribution in [3.8, 4) is 0 Å². The molecular formula is C17H24N2O. The van der Waals surface area contributed by atoms with Crippen molar-refractivity contribution in [3.63, 3.8) is 0 Å². The minimum atomic E-state index is 0.0846. The second-order valence-corrected chi connectivity index (χ2v) is 6.21. The molecule has 1 aromatic rings. The van der Waals surface area contributed by atoms with Gasteiger partial charge in [-0.1, -0.05) is 31.0 Å². The van der Waals surface area contributed by atoms with Gasteiger partial charge in [0.15, 0.2) is 0 Å². The summed E-state index contributed by atoms with van der Waals surface area (Å²) >= 11 is 0. The molecule has 1 saturated heterocycles. The van der Waals surface area contributed by atoms with Gasteiger partial charge in [0, 0.05) is 30.7 Å². The van der Waals surface area contributed by atoms with Gasteiger partial charge in [-0.05, 0) is 37.8 Å².